The van der Waals surface area contributed by atoms with Crippen LogP contribution in [0.4, 0.5) is 11.4 Å². The van der Waals surface area contributed by atoms with Gasteiger partial charge in [0.25, 0.3) is 0 Å². The van der Waals surface area contributed by atoms with Gasteiger partial charge in [0.1, 0.15) is 6.54 Å². The number of benzene rings is 2. The van der Waals surface area contributed by atoms with E-state index in [0.29, 0.717) is 10.7 Å². The topological polar surface area (TPSA) is 49.4 Å². The number of aryl methyl sites for hydroxylation is 1. The lowest BCUT2D eigenvalue weighted by molar-refractivity contribution is -0.120. The first kappa shape index (κ1) is 16.0. The Morgan fingerprint density at radius 1 is 1.14 bits per heavy atom. The van der Waals surface area contributed by atoms with Crippen molar-refractivity contribution in [1.29, 1.82) is 0 Å². The Morgan fingerprint density at radius 2 is 1.86 bits per heavy atom. The number of nitrogens with zero attached hydrogens (tertiary/aromatic N) is 1. The Hall–Kier alpha value is -2.33. The average molecular weight is 317 g/mol. The van der Waals surface area contributed by atoms with E-state index < -0.39 is 0 Å². The lowest BCUT2D eigenvalue weighted by Crippen LogP contribution is -2.36. The van der Waals surface area contributed by atoms with Gasteiger partial charge in [-0.05, 0) is 36.8 Å². The zero-order chi connectivity index (χ0) is 16.1. The maximum atomic E-state index is 12.2. The number of nitrogens with one attached hydrogen (secondary N) is 1. The van der Waals surface area contributed by atoms with Crippen molar-refractivity contribution in [3.63, 3.8) is 0 Å². The van der Waals surface area contributed by atoms with Crippen molar-refractivity contribution in [2.75, 3.05) is 16.8 Å². The first-order valence-corrected chi connectivity index (χ1v) is 7.24. The van der Waals surface area contributed by atoms with Crippen molar-refractivity contribution in [3.05, 3.63) is 59.1 Å². The minimum Gasteiger partial charge on any atom is -0.324 e. The molecule has 5 heteroatoms. The molecule has 2 aromatic rings. The minimum absolute atomic E-state index is 0.0655. The summed E-state index contributed by atoms with van der Waals surface area (Å²) in [6, 6.07) is 14.4. The van der Waals surface area contributed by atoms with Crippen LogP contribution >= 0.6 is 11.6 Å². The van der Waals surface area contributed by atoms with E-state index in [4.69, 9.17) is 11.6 Å². The van der Waals surface area contributed by atoms with Crippen molar-refractivity contribution >= 4 is 34.8 Å². The maximum absolute atomic E-state index is 12.2. The molecule has 0 fully saturated rings. The molecule has 2 amide bonds. The number of hydrogen-bond acceptors (Lipinski definition) is 2. The molecule has 0 aliphatic heterocycles. The molecule has 0 aromatic heterocycles. The van der Waals surface area contributed by atoms with E-state index in [0.717, 1.165) is 11.3 Å². The van der Waals surface area contributed by atoms with Crippen LogP contribution in [0.3, 0.4) is 0 Å². The van der Waals surface area contributed by atoms with Gasteiger partial charge < -0.3 is 10.2 Å². The van der Waals surface area contributed by atoms with E-state index in [1.807, 2.05) is 31.2 Å². The number of amides is 2. The van der Waals surface area contributed by atoms with Crippen molar-refractivity contribution in [2.24, 2.45) is 0 Å². The van der Waals surface area contributed by atoms with Gasteiger partial charge in [0.15, 0.2) is 0 Å². The summed E-state index contributed by atoms with van der Waals surface area (Å²) in [5.74, 6) is -0.480. The van der Waals surface area contributed by atoms with E-state index in [1.54, 1.807) is 24.3 Å². The summed E-state index contributed by atoms with van der Waals surface area (Å²) < 4.78 is 0. The maximum Gasteiger partial charge on any atom is 0.244 e. The third-order valence-corrected chi connectivity index (χ3v) is 3.46. The molecular weight excluding hydrogens is 300 g/mol. The lowest BCUT2D eigenvalue weighted by Gasteiger charge is -2.21. The van der Waals surface area contributed by atoms with Crippen LogP contribution in [0.5, 0.6) is 0 Å². The number of anilines is 2. The predicted octanol–water partition coefficient (Wildman–Crippen LogP) is 3.64. The molecule has 114 valence electrons. The predicted molar refractivity (Wildman–Crippen MR) is 89.3 cm³/mol. The SMILES string of the molecule is CC(=O)N(CC(=O)Nc1ccccc1C)c1cccc(Cl)c1. The first-order chi connectivity index (χ1) is 10.5. The Kier molecular flexibility index (Phi) is 5.17. The Labute approximate surface area is 134 Å². The molecule has 0 saturated carbocycles. The summed E-state index contributed by atoms with van der Waals surface area (Å²) in [7, 11) is 0. The van der Waals surface area contributed by atoms with Gasteiger partial charge in [-0.1, -0.05) is 35.9 Å². The Bertz CT molecular complexity index is 701. The zero-order valence-corrected chi connectivity index (χ0v) is 13.2. The van der Waals surface area contributed by atoms with Crippen molar-refractivity contribution in [1.82, 2.24) is 0 Å². The van der Waals surface area contributed by atoms with Crippen LogP contribution in [-0.2, 0) is 9.59 Å². The highest BCUT2D eigenvalue weighted by molar-refractivity contribution is 6.31. The van der Waals surface area contributed by atoms with Gasteiger partial charge in [0, 0.05) is 23.3 Å². The van der Waals surface area contributed by atoms with Gasteiger partial charge in [-0.15, -0.1) is 0 Å². The van der Waals surface area contributed by atoms with Crippen LogP contribution in [0.2, 0.25) is 5.02 Å². The first-order valence-electron chi connectivity index (χ1n) is 6.86. The summed E-state index contributed by atoms with van der Waals surface area (Å²) in [5, 5.41) is 3.33. The van der Waals surface area contributed by atoms with E-state index in [2.05, 4.69) is 5.32 Å². The van der Waals surface area contributed by atoms with Gasteiger partial charge in [-0.25, -0.2) is 0 Å². The fourth-order valence-electron chi connectivity index (χ4n) is 2.07. The summed E-state index contributed by atoms with van der Waals surface area (Å²) in [6.45, 7) is 3.27. The fourth-order valence-corrected chi connectivity index (χ4v) is 2.26. The molecule has 2 rings (SSSR count). The zero-order valence-electron chi connectivity index (χ0n) is 12.5. The van der Waals surface area contributed by atoms with Crippen LogP contribution < -0.4 is 10.2 Å². The molecule has 0 saturated heterocycles. The van der Waals surface area contributed by atoms with Gasteiger partial charge in [-0.3, -0.25) is 9.59 Å². The summed E-state index contributed by atoms with van der Waals surface area (Å²) in [4.78, 5) is 25.4. The number of rotatable bonds is 4. The summed E-state index contributed by atoms with van der Waals surface area (Å²) >= 11 is 5.94. The molecule has 0 aliphatic carbocycles. The van der Waals surface area contributed by atoms with E-state index in [1.165, 1.54) is 11.8 Å². The summed E-state index contributed by atoms with van der Waals surface area (Å²) in [6.07, 6.45) is 0. The highest BCUT2D eigenvalue weighted by Crippen LogP contribution is 2.20. The van der Waals surface area contributed by atoms with Gasteiger partial charge in [0.05, 0.1) is 0 Å². The highest BCUT2D eigenvalue weighted by Gasteiger charge is 2.16. The summed E-state index contributed by atoms with van der Waals surface area (Å²) in [5.41, 5.74) is 2.30. The van der Waals surface area contributed by atoms with Crippen LogP contribution in [0.1, 0.15) is 12.5 Å². The van der Waals surface area contributed by atoms with E-state index in [9.17, 15) is 9.59 Å². The average Bonchev–Trinajstić information content (AvgIpc) is 2.47. The molecule has 0 heterocycles. The molecule has 2 aromatic carbocycles. The number of carbonyl (C=O) groups is 2. The fraction of sp³-hybridized carbons (Fsp3) is 0.176. The quantitative estimate of drug-likeness (QED) is 0.936. The largest absolute Gasteiger partial charge is 0.324 e. The molecule has 0 radical (unpaired) electrons. The van der Waals surface area contributed by atoms with Crippen LogP contribution in [0.15, 0.2) is 48.5 Å². The number of hydrogen-bond donors (Lipinski definition) is 1. The second kappa shape index (κ2) is 7.09. The monoisotopic (exact) mass is 316 g/mol. The molecule has 1 N–H and O–H groups in total. The highest BCUT2D eigenvalue weighted by atomic mass is 35.5. The molecule has 4 nitrogen and oxygen atoms in total. The minimum atomic E-state index is -0.260. The van der Waals surface area contributed by atoms with Crippen LogP contribution in [0, 0.1) is 6.92 Å². The van der Waals surface area contributed by atoms with E-state index in [-0.39, 0.29) is 18.4 Å². The third-order valence-electron chi connectivity index (χ3n) is 3.22. The van der Waals surface area contributed by atoms with Gasteiger partial charge >= 0.3 is 0 Å². The second-order valence-electron chi connectivity index (χ2n) is 4.95. The molecular formula is C17H17ClN2O2. The van der Waals surface area contributed by atoms with Crippen LogP contribution in [-0.4, -0.2) is 18.4 Å². The van der Waals surface area contributed by atoms with Gasteiger partial charge in [-0.2, -0.15) is 0 Å². The van der Waals surface area contributed by atoms with Crippen LogP contribution in [0.25, 0.3) is 0 Å². The van der Waals surface area contributed by atoms with Crippen molar-refractivity contribution < 1.29 is 9.59 Å². The molecule has 0 bridgehead atoms. The Morgan fingerprint density at radius 3 is 2.50 bits per heavy atom. The smallest absolute Gasteiger partial charge is 0.244 e. The second-order valence-corrected chi connectivity index (χ2v) is 5.38. The standard InChI is InChI=1S/C17H17ClN2O2/c1-12-6-3-4-9-16(12)19-17(22)11-20(13(2)21)15-8-5-7-14(18)10-15/h3-10H,11H2,1-2H3,(H,19,22). The molecule has 0 aliphatic rings. The van der Waals surface area contributed by atoms with Crippen molar-refractivity contribution in [3.8, 4) is 0 Å². The molecule has 0 atom stereocenters. The van der Waals surface area contributed by atoms with E-state index >= 15 is 0 Å². The lowest BCUT2D eigenvalue weighted by atomic mass is 10.2. The van der Waals surface area contributed by atoms with Crippen molar-refractivity contribution in [2.45, 2.75) is 13.8 Å². The molecule has 0 spiro atoms. The number of halogens is 1. The number of carbonyl (C=O) groups excluding carboxylic acids is 2. The number of para-hydroxylation sites is 1. The molecule has 22 heavy (non-hydrogen) atoms. The normalized spacial score (nSPS) is 10.1. The molecule has 0 unspecified atom stereocenters. The third kappa shape index (κ3) is 4.09. The van der Waals surface area contributed by atoms with Gasteiger partial charge in [0.2, 0.25) is 11.8 Å². The Balaban J connectivity index is 2.13.